The molecular weight excluding hydrogens is 194 g/mol. The van der Waals surface area contributed by atoms with Crippen molar-refractivity contribution in [1.29, 1.82) is 0 Å². The van der Waals surface area contributed by atoms with E-state index in [-0.39, 0.29) is 0 Å². The van der Waals surface area contributed by atoms with Crippen LogP contribution in [0.1, 0.15) is 0 Å². The minimum Gasteiger partial charge on any atom is -0.481 e. The van der Waals surface area contributed by atoms with Gasteiger partial charge in [-0.2, -0.15) is 0 Å². The Hall–Kier alpha value is -0.730. The standard InChI is InChI=1S/C7H13NO6/c8-2-1(7(13)14)3(9)5(11)6(12)4(2)10/h1-6,9-12H,8H2,(H,13,14)/t1-,2+,3+,4-,5-,6-/m0/s1. The van der Waals surface area contributed by atoms with E-state index in [0.717, 1.165) is 0 Å². The fourth-order valence-corrected chi connectivity index (χ4v) is 1.59. The molecule has 1 aliphatic rings. The highest BCUT2D eigenvalue weighted by Gasteiger charge is 2.50. The van der Waals surface area contributed by atoms with Crippen molar-refractivity contribution in [3.8, 4) is 0 Å². The Kier molecular flexibility index (Phi) is 3.07. The van der Waals surface area contributed by atoms with Gasteiger partial charge < -0.3 is 31.3 Å². The second kappa shape index (κ2) is 3.79. The third-order valence-electron chi connectivity index (χ3n) is 2.51. The number of hydrogen-bond acceptors (Lipinski definition) is 6. The summed E-state index contributed by atoms with van der Waals surface area (Å²) < 4.78 is 0. The lowest BCUT2D eigenvalue weighted by atomic mass is 9.77. The molecule has 0 heterocycles. The summed E-state index contributed by atoms with van der Waals surface area (Å²) in [5.41, 5.74) is 5.30. The third kappa shape index (κ3) is 1.60. The van der Waals surface area contributed by atoms with E-state index in [0.29, 0.717) is 0 Å². The Balaban J connectivity index is 2.92. The van der Waals surface area contributed by atoms with E-state index in [2.05, 4.69) is 0 Å². The lowest BCUT2D eigenvalue weighted by Crippen LogP contribution is -2.65. The molecule has 0 amide bonds. The molecule has 1 rings (SSSR count). The number of aliphatic hydroxyl groups excluding tert-OH is 4. The highest BCUT2D eigenvalue weighted by Crippen LogP contribution is 2.25. The molecule has 1 aliphatic carbocycles. The summed E-state index contributed by atoms with van der Waals surface area (Å²) in [5, 5.41) is 45.5. The summed E-state index contributed by atoms with van der Waals surface area (Å²) in [6, 6.07) is -1.30. The highest BCUT2D eigenvalue weighted by atomic mass is 16.4. The summed E-state index contributed by atoms with van der Waals surface area (Å²) in [6.07, 6.45) is -6.57. The van der Waals surface area contributed by atoms with Gasteiger partial charge in [-0.05, 0) is 0 Å². The Morgan fingerprint density at radius 1 is 0.929 bits per heavy atom. The summed E-state index contributed by atoms with van der Waals surface area (Å²) >= 11 is 0. The van der Waals surface area contributed by atoms with Gasteiger partial charge in [0.2, 0.25) is 0 Å². The van der Waals surface area contributed by atoms with Crippen LogP contribution in [0.5, 0.6) is 0 Å². The first-order chi connectivity index (χ1) is 6.37. The SMILES string of the molecule is N[C@H]1[C@H](O)[C@H](O)[C@@H](O)[C@H](O)[C@H]1C(=O)O. The normalized spacial score (nSPS) is 48.9. The molecule has 7 heteroatoms. The number of rotatable bonds is 1. The largest absolute Gasteiger partial charge is 0.481 e. The highest BCUT2D eigenvalue weighted by molar-refractivity contribution is 5.72. The third-order valence-corrected chi connectivity index (χ3v) is 2.51. The minimum absolute atomic E-state index is 1.30. The first-order valence-electron chi connectivity index (χ1n) is 4.08. The lowest BCUT2D eigenvalue weighted by molar-refractivity contribution is -0.183. The van der Waals surface area contributed by atoms with Crippen LogP contribution in [-0.4, -0.2) is 62.0 Å². The van der Waals surface area contributed by atoms with Crippen LogP contribution in [0.2, 0.25) is 0 Å². The number of carboxylic acid groups (broad SMARTS) is 1. The maximum Gasteiger partial charge on any atom is 0.310 e. The Morgan fingerprint density at radius 2 is 1.36 bits per heavy atom. The molecule has 6 atom stereocenters. The maximum atomic E-state index is 10.6. The lowest BCUT2D eigenvalue weighted by Gasteiger charge is -2.40. The number of carboxylic acids is 1. The van der Waals surface area contributed by atoms with Gasteiger partial charge in [-0.25, -0.2) is 0 Å². The summed E-state index contributed by atoms with van der Waals surface area (Å²) in [7, 11) is 0. The van der Waals surface area contributed by atoms with Gasteiger partial charge in [-0.1, -0.05) is 0 Å². The zero-order valence-electron chi connectivity index (χ0n) is 7.19. The number of hydrogen-bond donors (Lipinski definition) is 6. The van der Waals surface area contributed by atoms with E-state index in [1.807, 2.05) is 0 Å². The average Bonchev–Trinajstić information content (AvgIpc) is 2.11. The molecule has 0 bridgehead atoms. The van der Waals surface area contributed by atoms with Gasteiger partial charge in [-0.3, -0.25) is 4.79 Å². The first kappa shape index (κ1) is 11.3. The van der Waals surface area contributed by atoms with E-state index in [1.54, 1.807) is 0 Å². The molecule has 0 saturated heterocycles. The summed E-state index contributed by atoms with van der Waals surface area (Å²) in [6.45, 7) is 0. The van der Waals surface area contributed by atoms with Crippen LogP contribution in [0.4, 0.5) is 0 Å². The molecule has 7 nitrogen and oxygen atoms in total. The monoisotopic (exact) mass is 207 g/mol. The molecule has 14 heavy (non-hydrogen) atoms. The van der Waals surface area contributed by atoms with Gasteiger partial charge in [0.25, 0.3) is 0 Å². The second-order valence-electron chi connectivity index (χ2n) is 3.40. The van der Waals surface area contributed by atoms with Crippen LogP contribution in [0.25, 0.3) is 0 Å². The molecule has 0 aliphatic heterocycles. The van der Waals surface area contributed by atoms with Crippen LogP contribution >= 0.6 is 0 Å². The average molecular weight is 207 g/mol. The maximum absolute atomic E-state index is 10.6. The molecule has 0 radical (unpaired) electrons. The van der Waals surface area contributed by atoms with Crippen molar-refractivity contribution in [2.45, 2.75) is 30.5 Å². The van der Waals surface area contributed by atoms with Crippen LogP contribution in [-0.2, 0) is 4.79 Å². The van der Waals surface area contributed by atoms with Crippen molar-refractivity contribution in [2.24, 2.45) is 11.7 Å². The van der Waals surface area contributed by atoms with Crippen molar-refractivity contribution in [3.63, 3.8) is 0 Å². The molecule has 7 N–H and O–H groups in total. The van der Waals surface area contributed by atoms with E-state index in [1.165, 1.54) is 0 Å². The Morgan fingerprint density at radius 3 is 1.79 bits per heavy atom. The zero-order valence-corrected chi connectivity index (χ0v) is 7.19. The second-order valence-corrected chi connectivity index (χ2v) is 3.40. The van der Waals surface area contributed by atoms with E-state index >= 15 is 0 Å². The molecule has 82 valence electrons. The molecular formula is C7H13NO6. The van der Waals surface area contributed by atoms with Crippen LogP contribution in [0.3, 0.4) is 0 Å². The van der Waals surface area contributed by atoms with Gasteiger partial charge in [0.05, 0.1) is 12.2 Å². The van der Waals surface area contributed by atoms with Gasteiger partial charge in [0.15, 0.2) is 0 Å². The van der Waals surface area contributed by atoms with Crippen molar-refractivity contribution in [2.75, 3.05) is 0 Å². The molecule has 0 unspecified atom stereocenters. The Bertz CT molecular complexity index is 218. The number of aliphatic hydroxyl groups is 4. The topological polar surface area (TPSA) is 144 Å². The predicted octanol–water partition coefficient (Wildman–Crippen LogP) is -3.53. The number of nitrogens with two attached hydrogens (primary N) is 1. The zero-order chi connectivity index (χ0) is 11.0. The summed E-state index contributed by atoms with van der Waals surface area (Å²) in [4.78, 5) is 10.6. The van der Waals surface area contributed by atoms with Crippen molar-refractivity contribution < 1.29 is 30.3 Å². The molecule has 1 fully saturated rings. The predicted molar refractivity (Wildman–Crippen MR) is 43.1 cm³/mol. The number of aliphatic carboxylic acids is 1. The van der Waals surface area contributed by atoms with Crippen LogP contribution in [0.15, 0.2) is 0 Å². The minimum atomic E-state index is -1.70. The smallest absolute Gasteiger partial charge is 0.310 e. The molecule has 0 aromatic heterocycles. The Labute approximate surface area is 79.4 Å². The van der Waals surface area contributed by atoms with Crippen molar-refractivity contribution >= 4 is 5.97 Å². The quantitative estimate of drug-likeness (QED) is 0.261. The first-order valence-corrected chi connectivity index (χ1v) is 4.08. The van der Waals surface area contributed by atoms with Gasteiger partial charge in [0, 0.05) is 6.04 Å². The van der Waals surface area contributed by atoms with Gasteiger partial charge >= 0.3 is 5.97 Å². The number of carbonyl (C=O) groups is 1. The van der Waals surface area contributed by atoms with E-state index in [9.17, 15) is 20.1 Å². The fourth-order valence-electron chi connectivity index (χ4n) is 1.59. The van der Waals surface area contributed by atoms with Crippen LogP contribution < -0.4 is 5.73 Å². The van der Waals surface area contributed by atoms with E-state index < -0.39 is 42.3 Å². The van der Waals surface area contributed by atoms with Crippen molar-refractivity contribution in [3.05, 3.63) is 0 Å². The van der Waals surface area contributed by atoms with Gasteiger partial charge in [-0.15, -0.1) is 0 Å². The fraction of sp³-hybridized carbons (Fsp3) is 0.857. The van der Waals surface area contributed by atoms with E-state index in [4.69, 9.17) is 15.9 Å². The molecule has 0 aromatic rings. The summed E-state index contributed by atoms with van der Waals surface area (Å²) in [5.74, 6) is -2.90. The molecule has 0 spiro atoms. The van der Waals surface area contributed by atoms with Gasteiger partial charge in [0.1, 0.15) is 18.1 Å². The van der Waals surface area contributed by atoms with Crippen molar-refractivity contribution in [1.82, 2.24) is 0 Å². The molecule has 0 aromatic carbocycles. The van der Waals surface area contributed by atoms with Crippen LogP contribution in [0, 0.1) is 5.92 Å². The molecule has 1 saturated carbocycles.